The van der Waals surface area contributed by atoms with Crippen LogP contribution in [0.1, 0.15) is 31.2 Å². The van der Waals surface area contributed by atoms with E-state index in [1.54, 1.807) is 6.07 Å². The summed E-state index contributed by atoms with van der Waals surface area (Å²) < 4.78 is 0. The molecule has 0 saturated heterocycles. The van der Waals surface area contributed by atoms with Crippen molar-refractivity contribution in [3.8, 4) is 6.07 Å². The van der Waals surface area contributed by atoms with Gasteiger partial charge in [0.25, 0.3) is 5.91 Å². The fourth-order valence-electron chi connectivity index (χ4n) is 2.40. The largest absolute Gasteiger partial charge is 0.360 e. The Morgan fingerprint density at radius 3 is 2.81 bits per heavy atom. The fraction of sp³-hybridized carbons (Fsp3) is 0.375. The van der Waals surface area contributed by atoms with Gasteiger partial charge < -0.3 is 10.6 Å². The van der Waals surface area contributed by atoms with Crippen LogP contribution in [0.4, 0.5) is 5.69 Å². The lowest BCUT2D eigenvalue weighted by Gasteiger charge is -2.11. The first kappa shape index (κ1) is 15.4. The quantitative estimate of drug-likeness (QED) is 0.660. The summed E-state index contributed by atoms with van der Waals surface area (Å²) in [5, 5.41) is 15.6. The van der Waals surface area contributed by atoms with Gasteiger partial charge in [-0.05, 0) is 37.5 Å². The molecule has 1 aliphatic rings. The second-order valence-corrected chi connectivity index (χ2v) is 5.59. The van der Waals surface area contributed by atoms with E-state index in [9.17, 15) is 4.79 Å². The van der Waals surface area contributed by atoms with E-state index in [2.05, 4.69) is 10.6 Å². The molecular formula is C16H18ClN3O. The zero-order valence-corrected chi connectivity index (χ0v) is 12.7. The Kier molecular flexibility index (Phi) is 5.24. The molecule has 0 unspecified atom stereocenters. The monoisotopic (exact) mass is 303 g/mol. The lowest BCUT2D eigenvalue weighted by Crippen LogP contribution is -2.33. The summed E-state index contributed by atoms with van der Waals surface area (Å²) in [5.41, 5.74) is 1.73. The maximum absolute atomic E-state index is 12.0. The smallest absolute Gasteiger partial charge is 0.263 e. The average molecular weight is 304 g/mol. The molecule has 2 rings (SSSR count). The molecule has 1 amide bonds. The van der Waals surface area contributed by atoms with Crippen LogP contribution in [-0.2, 0) is 4.79 Å². The van der Waals surface area contributed by atoms with E-state index in [-0.39, 0.29) is 17.5 Å². The molecule has 1 aliphatic carbocycles. The van der Waals surface area contributed by atoms with Crippen molar-refractivity contribution in [2.24, 2.45) is 0 Å². The molecule has 4 nitrogen and oxygen atoms in total. The van der Waals surface area contributed by atoms with Gasteiger partial charge in [-0.1, -0.05) is 30.5 Å². The molecule has 1 fully saturated rings. The van der Waals surface area contributed by atoms with Crippen molar-refractivity contribution in [3.63, 3.8) is 0 Å². The molecule has 1 aromatic carbocycles. The second-order valence-electron chi connectivity index (χ2n) is 5.18. The molecule has 0 atom stereocenters. The van der Waals surface area contributed by atoms with E-state index in [0.717, 1.165) is 36.9 Å². The van der Waals surface area contributed by atoms with Crippen LogP contribution in [0.15, 0.2) is 30.0 Å². The molecule has 0 bridgehead atoms. The summed E-state index contributed by atoms with van der Waals surface area (Å²) in [7, 11) is 0. The summed E-state index contributed by atoms with van der Waals surface area (Å²) in [6, 6.07) is 7.59. The molecule has 0 heterocycles. The van der Waals surface area contributed by atoms with E-state index in [4.69, 9.17) is 16.9 Å². The van der Waals surface area contributed by atoms with Crippen LogP contribution < -0.4 is 10.6 Å². The maximum atomic E-state index is 12.0. The Labute approximate surface area is 129 Å². The molecule has 2 N–H and O–H groups in total. The normalized spacial score (nSPS) is 15.6. The molecular weight excluding hydrogens is 286 g/mol. The Bertz CT molecular complexity index is 598. The lowest BCUT2D eigenvalue weighted by molar-refractivity contribution is -0.117. The van der Waals surface area contributed by atoms with Gasteiger partial charge in [0.1, 0.15) is 11.6 Å². The van der Waals surface area contributed by atoms with Gasteiger partial charge in [-0.15, -0.1) is 0 Å². The third-order valence-electron chi connectivity index (χ3n) is 3.70. The number of rotatable bonds is 4. The number of carbonyl (C=O) groups is 1. The topological polar surface area (TPSA) is 64.9 Å². The number of anilines is 1. The summed E-state index contributed by atoms with van der Waals surface area (Å²) in [4.78, 5) is 12.0. The number of nitrogens with zero attached hydrogens (tertiary/aromatic N) is 1. The van der Waals surface area contributed by atoms with E-state index < -0.39 is 0 Å². The molecule has 0 spiro atoms. The second kappa shape index (κ2) is 7.14. The SMILES string of the molecule is Cc1c(Cl)cccc1N/C=C(/C#N)C(=O)NC1CCCC1. The van der Waals surface area contributed by atoms with Gasteiger partial charge in [0.05, 0.1) is 0 Å². The summed E-state index contributed by atoms with van der Waals surface area (Å²) >= 11 is 6.03. The molecule has 5 heteroatoms. The first-order valence-electron chi connectivity index (χ1n) is 7.04. The highest BCUT2D eigenvalue weighted by atomic mass is 35.5. The summed E-state index contributed by atoms with van der Waals surface area (Å²) in [6.07, 6.45) is 5.69. The number of nitriles is 1. The highest BCUT2D eigenvalue weighted by Gasteiger charge is 2.19. The first-order valence-corrected chi connectivity index (χ1v) is 7.42. The van der Waals surface area contributed by atoms with Gasteiger partial charge in [-0.25, -0.2) is 0 Å². The van der Waals surface area contributed by atoms with Gasteiger partial charge in [0.2, 0.25) is 0 Å². The first-order chi connectivity index (χ1) is 10.1. The van der Waals surface area contributed by atoms with Crippen LogP contribution in [0, 0.1) is 18.3 Å². The van der Waals surface area contributed by atoms with Crippen LogP contribution in [0.2, 0.25) is 5.02 Å². The molecule has 21 heavy (non-hydrogen) atoms. The Hall–Kier alpha value is -1.99. The van der Waals surface area contributed by atoms with Crippen LogP contribution in [0.3, 0.4) is 0 Å². The Morgan fingerprint density at radius 2 is 2.14 bits per heavy atom. The van der Waals surface area contributed by atoms with E-state index >= 15 is 0 Å². The van der Waals surface area contributed by atoms with Crippen molar-refractivity contribution in [1.29, 1.82) is 5.26 Å². The number of nitrogens with one attached hydrogen (secondary N) is 2. The maximum Gasteiger partial charge on any atom is 0.263 e. The molecule has 0 aliphatic heterocycles. The van der Waals surface area contributed by atoms with Gasteiger partial charge in [-0.2, -0.15) is 5.26 Å². The van der Waals surface area contributed by atoms with Gasteiger partial charge >= 0.3 is 0 Å². The minimum Gasteiger partial charge on any atom is -0.360 e. The zero-order valence-electron chi connectivity index (χ0n) is 11.9. The number of benzene rings is 1. The number of carbonyl (C=O) groups excluding carboxylic acids is 1. The predicted molar refractivity (Wildman–Crippen MR) is 83.9 cm³/mol. The molecule has 1 saturated carbocycles. The third-order valence-corrected chi connectivity index (χ3v) is 4.10. The molecule has 1 aromatic rings. The van der Waals surface area contributed by atoms with Crippen molar-refractivity contribution in [3.05, 3.63) is 40.6 Å². The third kappa shape index (κ3) is 3.99. The number of halogens is 1. The Balaban J connectivity index is 2.04. The number of hydrogen-bond donors (Lipinski definition) is 2. The average Bonchev–Trinajstić information content (AvgIpc) is 2.96. The van der Waals surface area contributed by atoms with Crippen molar-refractivity contribution in [2.45, 2.75) is 38.6 Å². The predicted octanol–water partition coefficient (Wildman–Crippen LogP) is 3.53. The van der Waals surface area contributed by atoms with Crippen LogP contribution >= 0.6 is 11.6 Å². The minimum atomic E-state index is -0.323. The van der Waals surface area contributed by atoms with Gasteiger partial charge in [0.15, 0.2) is 0 Å². The molecule has 110 valence electrons. The lowest BCUT2D eigenvalue weighted by atomic mass is 10.2. The minimum absolute atomic E-state index is 0.0706. The van der Waals surface area contributed by atoms with Crippen LogP contribution in [-0.4, -0.2) is 11.9 Å². The number of hydrogen-bond acceptors (Lipinski definition) is 3. The zero-order chi connectivity index (χ0) is 15.2. The van der Waals surface area contributed by atoms with E-state index in [1.165, 1.54) is 6.20 Å². The van der Waals surface area contributed by atoms with Crippen molar-refractivity contribution >= 4 is 23.2 Å². The van der Waals surface area contributed by atoms with Crippen LogP contribution in [0.25, 0.3) is 0 Å². The summed E-state index contributed by atoms with van der Waals surface area (Å²) in [5.74, 6) is -0.323. The van der Waals surface area contributed by atoms with Gasteiger partial charge in [-0.3, -0.25) is 4.79 Å². The van der Waals surface area contributed by atoms with E-state index in [1.807, 2.05) is 25.1 Å². The van der Waals surface area contributed by atoms with Crippen molar-refractivity contribution < 1.29 is 4.79 Å². The van der Waals surface area contributed by atoms with Crippen molar-refractivity contribution in [1.82, 2.24) is 5.32 Å². The van der Waals surface area contributed by atoms with Gasteiger partial charge in [0, 0.05) is 23.0 Å². The summed E-state index contributed by atoms with van der Waals surface area (Å²) in [6.45, 7) is 1.88. The standard InChI is InChI=1S/C16H18ClN3O/c1-11-14(17)7-4-8-15(11)19-10-12(9-18)16(21)20-13-5-2-3-6-13/h4,7-8,10,13,19H,2-3,5-6H2,1H3,(H,20,21)/b12-10-. The highest BCUT2D eigenvalue weighted by molar-refractivity contribution is 6.31. The van der Waals surface area contributed by atoms with Crippen LogP contribution in [0.5, 0.6) is 0 Å². The Morgan fingerprint density at radius 1 is 1.43 bits per heavy atom. The molecule has 0 radical (unpaired) electrons. The molecule has 0 aromatic heterocycles. The number of amides is 1. The fourth-order valence-corrected chi connectivity index (χ4v) is 2.57. The van der Waals surface area contributed by atoms with Crippen molar-refractivity contribution in [2.75, 3.05) is 5.32 Å². The highest BCUT2D eigenvalue weighted by Crippen LogP contribution is 2.23. The van der Waals surface area contributed by atoms with E-state index in [0.29, 0.717) is 5.02 Å².